The number of hydrogen-bond acceptors (Lipinski definition) is 3. The average Bonchev–Trinajstić information content (AvgIpc) is 2.47. The molecule has 0 N–H and O–H groups in total. The van der Waals surface area contributed by atoms with Crippen LogP contribution >= 0.6 is 0 Å². The molecule has 0 unspecified atom stereocenters. The summed E-state index contributed by atoms with van der Waals surface area (Å²) in [4.78, 5) is 0. The van der Waals surface area contributed by atoms with E-state index in [-0.39, 0.29) is 0 Å². The van der Waals surface area contributed by atoms with Crippen LogP contribution in [0.1, 0.15) is 5.56 Å². The van der Waals surface area contributed by atoms with Gasteiger partial charge in [0.15, 0.2) is 0 Å². The fourth-order valence-electron chi connectivity index (χ4n) is 2.04. The second-order valence-corrected chi connectivity index (χ2v) is 4.06. The monoisotopic (exact) mass is 253 g/mol. The first kappa shape index (κ1) is 13.0. The lowest BCUT2D eigenvalue weighted by molar-refractivity contribution is 0.395. The summed E-state index contributed by atoms with van der Waals surface area (Å²) >= 11 is 0. The van der Waals surface area contributed by atoms with Gasteiger partial charge in [0.25, 0.3) is 0 Å². The number of nitrogens with zero attached hydrogens (tertiary/aromatic N) is 1. The van der Waals surface area contributed by atoms with Gasteiger partial charge < -0.3 is 9.47 Å². The molecule has 96 valence electrons. The van der Waals surface area contributed by atoms with E-state index < -0.39 is 0 Å². The molecular formula is C16H15NO2. The van der Waals surface area contributed by atoms with Gasteiger partial charge in [0, 0.05) is 11.6 Å². The van der Waals surface area contributed by atoms with Crippen molar-refractivity contribution in [3.05, 3.63) is 48.0 Å². The Hall–Kier alpha value is -2.47. The van der Waals surface area contributed by atoms with Crippen molar-refractivity contribution in [2.24, 2.45) is 0 Å². The van der Waals surface area contributed by atoms with Crippen molar-refractivity contribution in [1.29, 1.82) is 5.26 Å². The first-order chi connectivity index (χ1) is 9.30. The van der Waals surface area contributed by atoms with E-state index in [1.165, 1.54) is 0 Å². The molecule has 2 rings (SSSR count). The second-order valence-electron chi connectivity index (χ2n) is 4.06. The van der Waals surface area contributed by atoms with E-state index in [2.05, 4.69) is 6.07 Å². The standard InChI is InChI=1S/C16H15NO2/c1-18-13-7-8-15(16(11-13)19-2)14-6-4-3-5-12(14)9-10-17/h3-8,11H,9H2,1-2H3. The third-order valence-corrected chi connectivity index (χ3v) is 2.99. The molecule has 0 saturated carbocycles. The van der Waals surface area contributed by atoms with Crippen molar-refractivity contribution < 1.29 is 9.47 Å². The minimum Gasteiger partial charge on any atom is -0.497 e. The molecule has 3 nitrogen and oxygen atoms in total. The molecule has 0 aromatic heterocycles. The normalized spacial score (nSPS) is 9.74. The second kappa shape index (κ2) is 5.92. The maximum atomic E-state index is 8.90. The number of hydrogen-bond donors (Lipinski definition) is 0. The van der Waals surface area contributed by atoms with Crippen molar-refractivity contribution in [2.45, 2.75) is 6.42 Å². The van der Waals surface area contributed by atoms with Crippen molar-refractivity contribution in [3.8, 4) is 28.7 Å². The lowest BCUT2D eigenvalue weighted by Crippen LogP contribution is -1.93. The van der Waals surface area contributed by atoms with Crippen LogP contribution in [0.3, 0.4) is 0 Å². The molecule has 0 spiro atoms. The van der Waals surface area contributed by atoms with E-state index in [9.17, 15) is 0 Å². The average molecular weight is 253 g/mol. The zero-order valence-electron chi connectivity index (χ0n) is 11.0. The number of rotatable bonds is 4. The van der Waals surface area contributed by atoms with Gasteiger partial charge in [-0.05, 0) is 23.3 Å². The van der Waals surface area contributed by atoms with E-state index in [1.54, 1.807) is 14.2 Å². The summed E-state index contributed by atoms with van der Waals surface area (Å²) in [6.45, 7) is 0. The van der Waals surface area contributed by atoms with Crippen LogP contribution in [-0.4, -0.2) is 14.2 Å². The van der Waals surface area contributed by atoms with Crippen LogP contribution in [0, 0.1) is 11.3 Å². The lowest BCUT2D eigenvalue weighted by Gasteiger charge is -2.13. The van der Waals surface area contributed by atoms with Gasteiger partial charge >= 0.3 is 0 Å². The van der Waals surface area contributed by atoms with Gasteiger partial charge in [-0.25, -0.2) is 0 Å². The van der Waals surface area contributed by atoms with Crippen LogP contribution in [0.4, 0.5) is 0 Å². The molecule has 0 aliphatic carbocycles. The van der Waals surface area contributed by atoms with Crippen LogP contribution in [0.25, 0.3) is 11.1 Å². The highest BCUT2D eigenvalue weighted by Gasteiger charge is 2.10. The fraction of sp³-hybridized carbons (Fsp3) is 0.188. The topological polar surface area (TPSA) is 42.2 Å². The molecule has 0 aliphatic heterocycles. The van der Waals surface area contributed by atoms with Crippen LogP contribution in [0.2, 0.25) is 0 Å². The molecule has 0 heterocycles. The number of benzene rings is 2. The molecule has 0 saturated heterocycles. The Morgan fingerprint density at radius 2 is 1.79 bits per heavy atom. The van der Waals surface area contributed by atoms with Crippen LogP contribution < -0.4 is 9.47 Å². The highest BCUT2D eigenvalue weighted by atomic mass is 16.5. The van der Waals surface area contributed by atoms with Gasteiger partial charge in [-0.1, -0.05) is 24.3 Å². The highest BCUT2D eigenvalue weighted by molar-refractivity contribution is 5.74. The largest absolute Gasteiger partial charge is 0.497 e. The van der Waals surface area contributed by atoms with Crippen molar-refractivity contribution in [3.63, 3.8) is 0 Å². The SMILES string of the molecule is COc1ccc(-c2ccccc2CC#N)c(OC)c1. The van der Waals surface area contributed by atoms with E-state index in [0.717, 1.165) is 28.2 Å². The Morgan fingerprint density at radius 1 is 1.00 bits per heavy atom. The minimum absolute atomic E-state index is 0.380. The predicted molar refractivity (Wildman–Crippen MR) is 74.3 cm³/mol. The Kier molecular flexibility index (Phi) is 4.04. The molecule has 2 aromatic carbocycles. The Labute approximate surface area is 113 Å². The van der Waals surface area contributed by atoms with Crippen LogP contribution in [0.15, 0.2) is 42.5 Å². The predicted octanol–water partition coefficient (Wildman–Crippen LogP) is 3.44. The van der Waals surface area contributed by atoms with E-state index >= 15 is 0 Å². The molecular weight excluding hydrogens is 238 g/mol. The van der Waals surface area contributed by atoms with Crippen molar-refractivity contribution in [1.82, 2.24) is 0 Å². The third kappa shape index (κ3) is 2.69. The van der Waals surface area contributed by atoms with E-state index in [1.807, 2.05) is 42.5 Å². The molecule has 0 radical (unpaired) electrons. The number of nitriles is 1. The van der Waals surface area contributed by atoms with Crippen LogP contribution in [0.5, 0.6) is 11.5 Å². The van der Waals surface area contributed by atoms with Crippen molar-refractivity contribution >= 4 is 0 Å². The molecule has 2 aromatic rings. The van der Waals surface area contributed by atoms with Gasteiger partial charge in [-0.15, -0.1) is 0 Å². The highest BCUT2D eigenvalue weighted by Crippen LogP contribution is 2.35. The smallest absolute Gasteiger partial charge is 0.130 e. The minimum atomic E-state index is 0.380. The summed E-state index contributed by atoms with van der Waals surface area (Å²) in [5, 5.41) is 8.90. The Bertz CT molecular complexity index is 614. The molecule has 0 amide bonds. The summed E-state index contributed by atoms with van der Waals surface area (Å²) in [6.07, 6.45) is 0.380. The molecule has 0 fully saturated rings. The van der Waals surface area contributed by atoms with Gasteiger partial charge in [-0.3, -0.25) is 0 Å². The maximum Gasteiger partial charge on any atom is 0.130 e. The summed E-state index contributed by atoms with van der Waals surface area (Å²) in [5.41, 5.74) is 2.98. The van der Waals surface area contributed by atoms with Gasteiger partial charge in [-0.2, -0.15) is 5.26 Å². The summed E-state index contributed by atoms with van der Waals surface area (Å²) in [5.74, 6) is 1.49. The summed E-state index contributed by atoms with van der Waals surface area (Å²) < 4.78 is 10.6. The molecule has 3 heteroatoms. The lowest BCUT2D eigenvalue weighted by atomic mass is 9.97. The van der Waals surface area contributed by atoms with Gasteiger partial charge in [0.2, 0.25) is 0 Å². The Balaban J connectivity index is 2.56. The zero-order chi connectivity index (χ0) is 13.7. The number of ether oxygens (including phenoxy) is 2. The molecule has 19 heavy (non-hydrogen) atoms. The molecule has 0 aliphatic rings. The van der Waals surface area contributed by atoms with E-state index in [0.29, 0.717) is 6.42 Å². The fourth-order valence-corrected chi connectivity index (χ4v) is 2.04. The molecule has 0 bridgehead atoms. The zero-order valence-corrected chi connectivity index (χ0v) is 11.0. The number of methoxy groups -OCH3 is 2. The maximum absolute atomic E-state index is 8.90. The third-order valence-electron chi connectivity index (χ3n) is 2.99. The van der Waals surface area contributed by atoms with Gasteiger partial charge in [0.05, 0.1) is 26.7 Å². The quantitative estimate of drug-likeness (QED) is 0.838. The molecule has 0 atom stereocenters. The van der Waals surface area contributed by atoms with E-state index in [4.69, 9.17) is 14.7 Å². The van der Waals surface area contributed by atoms with Gasteiger partial charge in [0.1, 0.15) is 11.5 Å². The van der Waals surface area contributed by atoms with Crippen molar-refractivity contribution in [2.75, 3.05) is 14.2 Å². The first-order valence-corrected chi connectivity index (χ1v) is 5.97. The summed E-state index contributed by atoms with van der Waals surface area (Å²) in [6, 6.07) is 15.7. The first-order valence-electron chi connectivity index (χ1n) is 5.97. The van der Waals surface area contributed by atoms with Crippen LogP contribution in [-0.2, 0) is 6.42 Å². The summed E-state index contributed by atoms with van der Waals surface area (Å²) in [7, 11) is 3.25. The Morgan fingerprint density at radius 3 is 2.47 bits per heavy atom.